The highest BCUT2D eigenvalue weighted by molar-refractivity contribution is 7.98. The van der Waals surface area contributed by atoms with Gasteiger partial charge in [-0.05, 0) is 45.3 Å². The van der Waals surface area contributed by atoms with Crippen molar-refractivity contribution in [3.63, 3.8) is 0 Å². The first-order chi connectivity index (χ1) is 11.7. The third kappa shape index (κ3) is 4.61. The van der Waals surface area contributed by atoms with Gasteiger partial charge in [-0.25, -0.2) is 4.98 Å². The van der Waals surface area contributed by atoms with Gasteiger partial charge < -0.3 is 15.5 Å². The van der Waals surface area contributed by atoms with E-state index in [-0.39, 0.29) is 0 Å². The Labute approximate surface area is 148 Å². The van der Waals surface area contributed by atoms with E-state index in [2.05, 4.69) is 65.1 Å². The molecule has 0 unspecified atom stereocenters. The van der Waals surface area contributed by atoms with Crippen molar-refractivity contribution in [3.05, 3.63) is 36.0 Å². The lowest BCUT2D eigenvalue weighted by Crippen LogP contribution is -2.21. The predicted octanol–water partition coefficient (Wildman–Crippen LogP) is 3.79. The van der Waals surface area contributed by atoms with Gasteiger partial charge in [0.05, 0.1) is 11.4 Å². The van der Waals surface area contributed by atoms with E-state index in [9.17, 15) is 0 Å². The Kier molecular flexibility index (Phi) is 5.58. The first kappa shape index (κ1) is 17.0. The molecule has 24 heavy (non-hydrogen) atoms. The Balaban J connectivity index is 1.79. The predicted molar refractivity (Wildman–Crippen MR) is 103 cm³/mol. The number of nitrogens with one attached hydrogen (secondary N) is 2. The number of aromatic nitrogens is 2. The average molecular weight is 344 g/mol. The monoisotopic (exact) mass is 343 g/mol. The number of likely N-dealkylation sites (N-methyl/N-ethyl adjacent to an activating group) is 1. The molecule has 1 fully saturated rings. The maximum absolute atomic E-state index is 4.69. The van der Waals surface area contributed by atoms with Gasteiger partial charge in [0, 0.05) is 30.0 Å². The van der Waals surface area contributed by atoms with Gasteiger partial charge >= 0.3 is 0 Å². The van der Waals surface area contributed by atoms with Crippen molar-refractivity contribution in [1.29, 1.82) is 0 Å². The zero-order valence-electron chi connectivity index (χ0n) is 14.5. The quantitative estimate of drug-likeness (QED) is 0.711. The number of rotatable bonds is 8. The Hall–Kier alpha value is -1.79. The summed E-state index contributed by atoms with van der Waals surface area (Å²) >= 11 is 1.73. The van der Waals surface area contributed by atoms with Crippen LogP contribution < -0.4 is 10.6 Å². The van der Waals surface area contributed by atoms with E-state index >= 15 is 0 Å². The number of hydrogen-bond acceptors (Lipinski definition) is 6. The van der Waals surface area contributed by atoms with Crippen LogP contribution in [0, 0.1) is 0 Å². The molecule has 0 amide bonds. The molecule has 0 spiro atoms. The lowest BCUT2D eigenvalue weighted by atomic mass is 10.2. The fourth-order valence-corrected chi connectivity index (χ4v) is 3.03. The molecule has 1 saturated carbocycles. The van der Waals surface area contributed by atoms with Gasteiger partial charge in [0.15, 0.2) is 0 Å². The fraction of sp³-hybridized carbons (Fsp3) is 0.444. The molecular weight excluding hydrogens is 318 g/mol. The van der Waals surface area contributed by atoms with Crippen molar-refractivity contribution in [1.82, 2.24) is 14.9 Å². The number of benzene rings is 1. The summed E-state index contributed by atoms with van der Waals surface area (Å²) in [6, 6.07) is 10.4. The SMILES string of the molecule is CSc1ccccc1Nc1cc(C2CC2)nc(NCCN(C)C)n1. The van der Waals surface area contributed by atoms with Crippen LogP contribution in [-0.2, 0) is 0 Å². The number of thioether (sulfide) groups is 1. The van der Waals surface area contributed by atoms with E-state index in [1.54, 1.807) is 11.8 Å². The van der Waals surface area contributed by atoms with Crippen LogP contribution in [0.25, 0.3) is 0 Å². The minimum atomic E-state index is 0.596. The molecule has 128 valence electrons. The van der Waals surface area contributed by atoms with Gasteiger partial charge in [0.1, 0.15) is 5.82 Å². The van der Waals surface area contributed by atoms with Crippen LogP contribution >= 0.6 is 11.8 Å². The van der Waals surface area contributed by atoms with Gasteiger partial charge in [0.2, 0.25) is 5.95 Å². The molecule has 6 heteroatoms. The van der Waals surface area contributed by atoms with Crippen LogP contribution in [0.5, 0.6) is 0 Å². The highest BCUT2D eigenvalue weighted by Crippen LogP contribution is 2.40. The van der Waals surface area contributed by atoms with Gasteiger partial charge in [0.25, 0.3) is 0 Å². The standard InChI is InChI=1S/C18H25N5S/c1-23(2)11-10-19-18-21-15(13-8-9-13)12-17(22-18)20-14-6-4-5-7-16(14)24-3/h4-7,12-13H,8-11H2,1-3H3,(H2,19,20,21,22). The summed E-state index contributed by atoms with van der Waals surface area (Å²) in [4.78, 5) is 12.7. The second kappa shape index (κ2) is 7.85. The van der Waals surface area contributed by atoms with E-state index in [4.69, 9.17) is 4.98 Å². The summed E-state index contributed by atoms with van der Waals surface area (Å²) in [5.74, 6) is 2.17. The maximum atomic E-state index is 4.69. The molecule has 2 N–H and O–H groups in total. The van der Waals surface area contributed by atoms with E-state index < -0.39 is 0 Å². The Morgan fingerprint density at radius 2 is 2.00 bits per heavy atom. The van der Waals surface area contributed by atoms with Crippen molar-refractivity contribution in [2.75, 3.05) is 44.1 Å². The van der Waals surface area contributed by atoms with Crippen LogP contribution in [0.4, 0.5) is 17.5 Å². The molecule has 2 aromatic rings. The van der Waals surface area contributed by atoms with Crippen LogP contribution in [0.1, 0.15) is 24.5 Å². The van der Waals surface area contributed by atoms with E-state index in [1.807, 2.05) is 6.07 Å². The van der Waals surface area contributed by atoms with Crippen molar-refractivity contribution in [3.8, 4) is 0 Å². The topological polar surface area (TPSA) is 53.1 Å². The first-order valence-electron chi connectivity index (χ1n) is 8.33. The van der Waals surface area contributed by atoms with Crippen LogP contribution in [0.2, 0.25) is 0 Å². The zero-order chi connectivity index (χ0) is 16.9. The highest BCUT2D eigenvalue weighted by Gasteiger charge is 2.26. The first-order valence-corrected chi connectivity index (χ1v) is 9.56. The number of para-hydroxylation sites is 1. The van der Waals surface area contributed by atoms with E-state index in [0.717, 1.165) is 30.3 Å². The number of hydrogen-bond donors (Lipinski definition) is 2. The van der Waals surface area contributed by atoms with Gasteiger partial charge in [-0.3, -0.25) is 0 Å². The summed E-state index contributed by atoms with van der Waals surface area (Å²) in [5, 5.41) is 6.81. The summed E-state index contributed by atoms with van der Waals surface area (Å²) in [5.41, 5.74) is 2.23. The van der Waals surface area contributed by atoms with E-state index in [0.29, 0.717) is 11.9 Å². The summed E-state index contributed by atoms with van der Waals surface area (Å²) < 4.78 is 0. The normalized spacial score (nSPS) is 14.0. The maximum Gasteiger partial charge on any atom is 0.224 e. The fourth-order valence-electron chi connectivity index (χ4n) is 2.47. The molecule has 0 atom stereocenters. The summed E-state index contributed by atoms with van der Waals surface area (Å²) in [7, 11) is 4.13. The van der Waals surface area contributed by atoms with Crippen molar-refractivity contribution in [2.45, 2.75) is 23.7 Å². The molecule has 5 nitrogen and oxygen atoms in total. The van der Waals surface area contributed by atoms with Gasteiger partial charge in [-0.2, -0.15) is 4.98 Å². The molecule has 0 saturated heterocycles. The van der Waals surface area contributed by atoms with Gasteiger partial charge in [-0.15, -0.1) is 11.8 Å². The van der Waals surface area contributed by atoms with Crippen LogP contribution in [-0.4, -0.2) is 48.3 Å². The molecule has 1 aliphatic rings. The van der Waals surface area contributed by atoms with Crippen LogP contribution in [0.15, 0.2) is 35.2 Å². The second-order valence-electron chi connectivity index (χ2n) is 6.33. The highest BCUT2D eigenvalue weighted by atomic mass is 32.2. The molecule has 1 aromatic carbocycles. The average Bonchev–Trinajstić information content (AvgIpc) is 3.40. The van der Waals surface area contributed by atoms with Crippen molar-refractivity contribution >= 4 is 29.2 Å². The second-order valence-corrected chi connectivity index (χ2v) is 7.18. The lowest BCUT2D eigenvalue weighted by molar-refractivity contribution is 0.425. The van der Waals surface area contributed by atoms with E-state index in [1.165, 1.54) is 17.7 Å². The minimum Gasteiger partial charge on any atom is -0.353 e. The molecule has 3 rings (SSSR count). The molecule has 0 radical (unpaired) electrons. The molecule has 1 aliphatic carbocycles. The molecule has 1 heterocycles. The molecular formula is C18H25N5S. The lowest BCUT2D eigenvalue weighted by Gasteiger charge is -2.14. The van der Waals surface area contributed by atoms with Crippen LogP contribution in [0.3, 0.4) is 0 Å². The molecule has 1 aromatic heterocycles. The smallest absolute Gasteiger partial charge is 0.224 e. The summed E-state index contributed by atoms with van der Waals surface area (Å²) in [6.07, 6.45) is 4.55. The van der Waals surface area contributed by atoms with Crippen molar-refractivity contribution in [2.24, 2.45) is 0 Å². The third-order valence-electron chi connectivity index (χ3n) is 3.95. The zero-order valence-corrected chi connectivity index (χ0v) is 15.4. The Morgan fingerprint density at radius 1 is 1.21 bits per heavy atom. The van der Waals surface area contributed by atoms with Crippen molar-refractivity contribution < 1.29 is 0 Å². The Morgan fingerprint density at radius 3 is 2.71 bits per heavy atom. The van der Waals surface area contributed by atoms with Gasteiger partial charge in [-0.1, -0.05) is 12.1 Å². The summed E-state index contributed by atoms with van der Waals surface area (Å²) in [6.45, 7) is 1.79. The molecule has 0 aliphatic heterocycles. The Bertz CT molecular complexity index is 685. The third-order valence-corrected chi connectivity index (χ3v) is 4.75. The number of anilines is 3. The largest absolute Gasteiger partial charge is 0.353 e. The minimum absolute atomic E-state index is 0.596. The number of nitrogens with zero attached hydrogens (tertiary/aromatic N) is 3. The molecule has 0 bridgehead atoms.